The van der Waals surface area contributed by atoms with Gasteiger partial charge in [-0.05, 0) is 35.9 Å². The van der Waals surface area contributed by atoms with Gasteiger partial charge in [0.15, 0.2) is 5.65 Å². The van der Waals surface area contributed by atoms with E-state index in [0.29, 0.717) is 17.0 Å². The van der Waals surface area contributed by atoms with Crippen LogP contribution < -0.4 is 4.74 Å². The number of benzene rings is 2. The van der Waals surface area contributed by atoms with Crippen LogP contribution in [0.25, 0.3) is 33.7 Å². The maximum absolute atomic E-state index is 11.2. The lowest BCUT2D eigenvalue weighted by atomic mass is 10.1. The molecule has 0 radical (unpaired) electrons. The minimum atomic E-state index is -0.972. The van der Waals surface area contributed by atoms with Crippen LogP contribution in [-0.4, -0.2) is 33.1 Å². The van der Waals surface area contributed by atoms with Gasteiger partial charge < -0.3 is 14.8 Å². The molecule has 0 aliphatic heterocycles. The molecule has 0 saturated carbocycles. The van der Waals surface area contributed by atoms with Crippen molar-refractivity contribution in [1.82, 2.24) is 15.0 Å². The van der Waals surface area contributed by atoms with Crippen LogP contribution in [-0.2, 0) is 0 Å². The molecule has 6 nitrogen and oxygen atoms in total. The lowest BCUT2D eigenvalue weighted by Gasteiger charge is -2.04. The zero-order valence-corrected chi connectivity index (χ0v) is 13.9. The summed E-state index contributed by atoms with van der Waals surface area (Å²) in [5.74, 6) is 0.395. The number of carboxylic acids is 1. The number of H-pyrrole nitrogens is 1. The molecule has 2 N–H and O–H groups in total. The molecule has 6 heteroatoms. The summed E-state index contributed by atoms with van der Waals surface area (Å²) < 4.78 is 5.20. The van der Waals surface area contributed by atoms with Gasteiger partial charge in [-0.3, -0.25) is 0 Å². The average molecular weight is 345 g/mol. The summed E-state index contributed by atoms with van der Waals surface area (Å²) in [5.41, 5.74) is 4.26. The molecule has 2 aromatic heterocycles. The van der Waals surface area contributed by atoms with E-state index in [1.165, 1.54) is 0 Å². The van der Waals surface area contributed by atoms with Crippen LogP contribution in [0.3, 0.4) is 0 Å². The van der Waals surface area contributed by atoms with Gasteiger partial charge in [0, 0.05) is 17.3 Å². The Kier molecular flexibility index (Phi) is 3.85. The fraction of sp³-hybridized carbons (Fsp3) is 0.0500. The highest BCUT2D eigenvalue weighted by molar-refractivity contribution is 5.92. The number of aromatic amines is 1. The molecule has 0 aliphatic carbocycles. The summed E-state index contributed by atoms with van der Waals surface area (Å²) in [6, 6.07) is 16.3. The van der Waals surface area contributed by atoms with Gasteiger partial charge in [0.1, 0.15) is 11.6 Å². The molecule has 26 heavy (non-hydrogen) atoms. The Balaban J connectivity index is 1.83. The highest BCUT2D eigenvalue weighted by atomic mass is 16.5. The van der Waals surface area contributed by atoms with Crippen molar-refractivity contribution in [2.45, 2.75) is 0 Å². The molecule has 0 fully saturated rings. The van der Waals surface area contributed by atoms with Gasteiger partial charge in [0.2, 0.25) is 0 Å². The number of hydrogen-bond acceptors (Lipinski definition) is 4. The van der Waals surface area contributed by atoms with Crippen molar-refractivity contribution in [3.8, 4) is 28.3 Å². The fourth-order valence-electron chi connectivity index (χ4n) is 2.86. The Bertz CT molecular complexity index is 1100. The molecule has 4 rings (SSSR count). The number of pyridine rings is 1. The number of rotatable bonds is 4. The quantitative estimate of drug-likeness (QED) is 0.584. The second kappa shape index (κ2) is 6.33. The number of imidazole rings is 1. The number of carboxylic acid groups (broad SMARTS) is 1. The number of fused-ring (bicyclic) bond motifs is 1. The van der Waals surface area contributed by atoms with Crippen LogP contribution in [0.2, 0.25) is 0 Å². The van der Waals surface area contributed by atoms with Crippen molar-refractivity contribution in [3.63, 3.8) is 0 Å². The summed E-state index contributed by atoms with van der Waals surface area (Å²) in [5, 5.41) is 9.18. The van der Waals surface area contributed by atoms with E-state index in [1.54, 1.807) is 31.5 Å². The van der Waals surface area contributed by atoms with Crippen molar-refractivity contribution in [2.24, 2.45) is 0 Å². The van der Waals surface area contributed by atoms with E-state index in [2.05, 4.69) is 15.0 Å². The van der Waals surface area contributed by atoms with Crippen molar-refractivity contribution < 1.29 is 14.6 Å². The smallest absolute Gasteiger partial charge is 0.335 e. The molecule has 0 saturated heterocycles. The van der Waals surface area contributed by atoms with E-state index in [9.17, 15) is 9.90 Å². The van der Waals surface area contributed by atoms with Crippen molar-refractivity contribution in [2.75, 3.05) is 7.11 Å². The highest BCUT2D eigenvalue weighted by Crippen LogP contribution is 2.29. The Morgan fingerprint density at radius 1 is 1.08 bits per heavy atom. The summed E-state index contributed by atoms with van der Waals surface area (Å²) in [4.78, 5) is 23.3. The Morgan fingerprint density at radius 3 is 2.62 bits per heavy atom. The summed E-state index contributed by atoms with van der Waals surface area (Å²) >= 11 is 0. The molecule has 0 amide bonds. The predicted octanol–water partition coefficient (Wildman–Crippen LogP) is 4.00. The Hall–Kier alpha value is -3.67. The molecule has 4 aromatic rings. The maximum Gasteiger partial charge on any atom is 0.335 e. The fourth-order valence-corrected chi connectivity index (χ4v) is 2.86. The number of aromatic nitrogens is 3. The maximum atomic E-state index is 11.2. The third-order valence-corrected chi connectivity index (χ3v) is 4.18. The molecule has 0 unspecified atom stereocenters. The zero-order valence-electron chi connectivity index (χ0n) is 13.9. The molecule has 128 valence electrons. The number of hydrogen-bond donors (Lipinski definition) is 2. The van der Waals surface area contributed by atoms with E-state index in [0.717, 1.165) is 22.4 Å². The largest absolute Gasteiger partial charge is 0.497 e. The minimum Gasteiger partial charge on any atom is -0.497 e. The van der Waals surface area contributed by atoms with Gasteiger partial charge in [-0.2, -0.15) is 0 Å². The third-order valence-electron chi connectivity index (χ3n) is 4.18. The van der Waals surface area contributed by atoms with Crippen LogP contribution in [0.1, 0.15) is 10.4 Å². The first-order chi connectivity index (χ1) is 12.7. The average Bonchev–Trinajstić information content (AvgIpc) is 3.12. The van der Waals surface area contributed by atoms with Gasteiger partial charge >= 0.3 is 5.97 Å². The lowest BCUT2D eigenvalue weighted by Crippen LogP contribution is -1.96. The van der Waals surface area contributed by atoms with Gasteiger partial charge in [-0.15, -0.1) is 0 Å². The zero-order chi connectivity index (χ0) is 18.1. The van der Waals surface area contributed by atoms with E-state index >= 15 is 0 Å². The molecular weight excluding hydrogens is 330 g/mol. The summed E-state index contributed by atoms with van der Waals surface area (Å²) in [7, 11) is 1.63. The minimum absolute atomic E-state index is 0.214. The predicted molar refractivity (Wildman–Crippen MR) is 98.3 cm³/mol. The van der Waals surface area contributed by atoms with E-state index in [-0.39, 0.29) is 5.56 Å². The first-order valence-corrected chi connectivity index (χ1v) is 7.98. The van der Waals surface area contributed by atoms with E-state index in [4.69, 9.17) is 4.74 Å². The summed E-state index contributed by atoms with van der Waals surface area (Å²) in [6.07, 6.45) is 1.71. The van der Waals surface area contributed by atoms with Gasteiger partial charge in [-0.25, -0.2) is 14.8 Å². The normalized spacial score (nSPS) is 10.8. The van der Waals surface area contributed by atoms with E-state index < -0.39 is 5.97 Å². The second-order valence-electron chi connectivity index (χ2n) is 5.76. The van der Waals surface area contributed by atoms with Gasteiger partial charge in [0.25, 0.3) is 0 Å². The SMILES string of the molecule is COc1ccc(-c2ccnc3nc(-c4cccc(C(=O)O)c4)[nH]c23)cc1. The lowest BCUT2D eigenvalue weighted by molar-refractivity contribution is 0.0697. The first-order valence-electron chi connectivity index (χ1n) is 7.98. The van der Waals surface area contributed by atoms with Gasteiger partial charge in [-0.1, -0.05) is 24.3 Å². The number of nitrogens with one attached hydrogen (secondary N) is 1. The molecule has 0 aliphatic rings. The number of aromatic carboxylic acids is 1. The van der Waals surface area contributed by atoms with Crippen LogP contribution >= 0.6 is 0 Å². The molecular formula is C20H15N3O3. The molecule has 0 spiro atoms. The molecule has 0 bridgehead atoms. The summed E-state index contributed by atoms with van der Waals surface area (Å²) in [6.45, 7) is 0. The Labute approximate surface area is 149 Å². The van der Waals surface area contributed by atoms with Crippen molar-refractivity contribution in [3.05, 3.63) is 66.4 Å². The number of ether oxygens (including phenoxy) is 1. The van der Waals surface area contributed by atoms with Gasteiger partial charge in [0.05, 0.1) is 18.2 Å². The van der Waals surface area contributed by atoms with Crippen LogP contribution in [0.4, 0.5) is 0 Å². The van der Waals surface area contributed by atoms with E-state index in [1.807, 2.05) is 36.4 Å². The van der Waals surface area contributed by atoms with Crippen LogP contribution in [0.15, 0.2) is 60.8 Å². The monoisotopic (exact) mass is 345 g/mol. The van der Waals surface area contributed by atoms with Crippen molar-refractivity contribution in [1.29, 1.82) is 0 Å². The molecule has 2 heterocycles. The van der Waals surface area contributed by atoms with Crippen molar-refractivity contribution >= 4 is 17.1 Å². The third kappa shape index (κ3) is 2.77. The second-order valence-corrected chi connectivity index (χ2v) is 5.76. The number of carbonyl (C=O) groups is 1. The van der Waals surface area contributed by atoms with Crippen LogP contribution in [0, 0.1) is 0 Å². The standard InChI is InChI=1S/C20H15N3O3/c1-26-15-7-5-12(6-8-15)16-9-10-21-19-17(16)22-18(23-19)13-3-2-4-14(11-13)20(24)25/h2-11H,1H3,(H,24,25)(H,21,22,23). The first kappa shape index (κ1) is 15.8. The molecule has 0 atom stereocenters. The Morgan fingerprint density at radius 2 is 1.88 bits per heavy atom. The highest BCUT2D eigenvalue weighted by Gasteiger charge is 2.12. The van der Waals surface area contributed by atoms with Crippen LogP contribution in [0.5, 0.6) is 5.75 Å². The number of methoxy groups -OCH3 is 1. The number of nitrogens with zero attached hydrogens (tertiary/aromatic N) is 2. The molecule has 2 aromatic carbocycles. The topological polar surface area (TPSA) is 88.1 Å².